The van der Waals surface area contributed by atoms with Gasteiger partial charge in [0, 0.05) is 9.35 Å². The zero-order valence-corrected chi connectivity index (χ0v) is 15.1. The fraction of sp³-hybridized carbons (Fsp3) is 0.294. The van der Waals surface area contributed by atoms with Crippen LogP contribution in [0.25, 0.3) is 0 Å². The van der Waals surface area contributed by atoms with Crippen LogP contribution < -0.4 is 11.1 Å². The number of rotatable bonds is 3. The predicted octanol–water partition coefficient (Wildman–Crippen LogP) is 3.99. The number of primary amides is 1. The van der Waals surface area contributed by atoms with Crippen LogP contribution in [-0.4, -0.2) is 11.8 Å². The number of hydrogen-bond acceptors (Lipinski definition) is 3. The molecule has 2 amide bonds. The van der Waals surface area contributed by atoms with Gasteiger partial charge in [0.1, 0.15) is 5.00 Å². The standard InChI is InChI=1S/C17H17BrN2O2S/c1-9-6-7-11-13(8-9)23-17(14(11)15(19)21)20-16(22)10-4-2-3-5-12(10)18/h2-5,9H,6-8H2,1H3,(H2,19,21)(H,20,22). The number of anilines is 1. The molecule has 3 rings (SSSR count). The molecule has 1 aliphatic carbocycles. The van der Waals surface area contributed by atoms with Gasteiger partial charge < -0.3 is 11.1 Å². The zero-order valence-electron chi connectivity index (χ0n) is 12.7. The van der Waals surface area contributed by atoms with Crippen LogP contribution in [0.1, 0.15) is 44.5 Å². The van der Waals surface area contributed by atoms with E-state index in [0.29, 0.717) is 26.5 Å². The first-order valence-corrected chi connectivity index (χ1v) is 9.08. The molecule has 3 N–H and O–H groups in total. The van der Waals surface area contributed by atoms with E-state index in [1.165, 1.54) is 16.2 Å². The summed E-state index contributed by atoms with van der Waals surface area (Å²) in [7, 11) is 0. The first kappa shape index (κ1) is 16.2. The highest BCUT2D eigenvalue weighted by atomic mass is 79.9. The molecule has 6 heteroatoms. The van der Waals surface area contributed by atoms with E-state index in [4.69, 9.17) is 5.73 Å². The van der Waals surface area contributed by atoms with E-state index < -0.39 is 5.91 Å². The highest BCUT2D eigenvalue weighted by molar-refractivity contribution is 9.10. The van der Waals surface area contributed by atoms with E-state index in [9.17, 15) is 9.59 Å². The lowest BCUT2D eigenvalue weighted by atomic mass is 9.88. The zero-order chi connectivity index (χ0) is 16.6. The lowest BCUT2D eigenvalue weighted by Crippen LogP contribution is -2.19. The van der Waals surface area contributed by atoms with Crippen LogP contribution in [0.4, 0.5) is 5.00 Å². The molecule has 0 radical (unpaired) electrons. The normalized spacial score (nSPS) is 16.7. The van der Waals surface area contributed by atoms with Crippen LogP contribution in [0.2, 0.25) is 0 Å². The molecule has 2 aromatic rings. The molecule has 120 valence electrons. The molecule has 1 aliphatic rings. The van der Waals surface area contributed by atoms with Gasteiger partial charge in [-0.05, 0) is 58.8 Å². The maximum absolute atomic E-state index is 12.5. The van der Waals surface area contributed by atoms with Crippen LogP contribution in [0.15, 0.2) is 28.7 Å². The second kappa shape index (κ2) is 6.45. The summed E-state index contributed by atoms with van der Waals surface area (Å²) in [5.74, 6) is -0.125. The summed E-state index contributed by atoms with van der Waals surface area (Å²) in [6, 6.07) is 7.20. The van der Waals surface area contributed by atoms with Crippen molar-refractivity contribution < 1.29 is 9.59 Å². The van der Waals surface area contributed by atoms with Crippen molar-refractivity contribution in [1.82, 2.24) is 0 Å². The van der Waals surface area contributed by atoms with Crippen LogP contribution in [0.5, 0.6) is 0 Å². The summed E-state index contributed by atoms with van der Waals surface area (Å²) in [6.45, 7) is 2.20. The second-order valence-electron chi connectivity index (χ2n) is 5.85. The first-order valence-electron chi connectivity index (χ1n) is 7.47. The molecule has 1 atom stereocenters. The third-order valence-electron chi connectivity index (χ3n) is 4.10. The molecule has 1 heterocycles. The number of benzene rings is 1. The number of carbonyl (C=O) groups is 2. The highest BCUT2D eigenvalue weighted by Crippen LogP contribution is 2.39. The Labute approximate surface area is 147 Å². The number of fused-ring (bicyclic) bond motifs is 1. The molecular formula is C17H17BrN2O2S. The lowest BCUT2D eigenvalue weighted by Gasteiger charge is -2.18. The third kappa shape index (κ3) is 3.19. The fourth-order valence-electron chi connectivity index (χ4n) is 2.92. The average molecular weight is 393 g/mol. The van der Waals surface area contributed by atoms with Crippen LogP contribution in [0.3, 0.4) is 0 Å². The SMILES string of the molecule is CC1CCc2c(sc(NC(=O)c3ccccc3Br)c2C(N)=O)C1. The topological polar surface area (TPSA) is 72.2 Å². The Hall–Kier alpha value is -1.66. The molecule has 0 aliphatic heterocycles. The molecule has 0 fully saturated rings. The van der Waals surface area contributed by atoms with Crippen LogP contribution in [0, 0.1) is 5.92 Å². The Morgan fingerprint density at radius 3 is 2.78 bits per heavy atom. The van der Waals surface area contributed by atoms with Crippen LogP contribution in [-0.2, 0) is 12.8 Å². The monoisotopic (exact) mass is 392 g/mol. The number of carbonyl (C=O) groups excluding carboxylic acids is 2. The lowest BCUT2D eigenvalue weighted by molar-refractivity contribution is 0.1000. The molecule has 1 aromatic carbocycles. The Morgan fingerprint density at radius 2 is 2.09 bits per heavy atom. The number of hydrogen-bond donors (Lipinski definition) is 2. The van der Waals surface area contributed by atoms with Gasteiger partial charge in [-0.3, -0.25) is 9.59 Å². The minimum atomic E-state index is -0.473. The first-order chi connectivity index (χ1) is 11.0. The molecule has 1 aromatic heterocycles. The van der Waals surface area contributed by atoms with Crippen molar-refractivity contribution in [2.24, 2.45) is 11.7 Å². The summed E-state index contributed by atoms with van der Waals surface area (Å²) in [5, 5.41) is 3.44. The largest absolute Gasteiger partial charge is 0.365 e. The molecule has 23 heavy (non-hydrogen) atoms. The predicted molar refractivity (Wildman–Crippen MR) is 96.1 cm³/mol. The summed E-state index contributed by atoms with van der Waals surface area (Å²) in [6.07, 6.45) is 2.82. The number of amides is 2. The van der Waals surface area contributed by atoms with Crippen molar-refractivity contribution in [1.29, 1.82) is 0 Å². The molecule has 0 saturated heterocycles. The van der Waals surface area contributed by atoms with Gasteiger partial charge in [-0.2, -0.15) is 0 Å². The average Bonchev–Trinajstić information content (AvgIpc) is 2.84. The Morgan fingerprint density at radius 1 is 1.35 bits per heavy atom. The van der Waals surface area contributed by atoms with E-state index >= 15 is 0 Å². The third-order valence-corrected chi connectivity index (χ3v) is 5.96. The van der Waals surface area contributed by atoms with Crippen molar-refractivity contribution in [3.8, 4) is 0 Å². The second-order valence-corrected chi connectivity index (χ2v) is 7.81. The van der Waals surface area contributed by atoms with Crippen molar-refractivity contribution in [3.05, 3.63) is 50.3 Å². The van der Waals surface area contributed by atoms with Crippen LogP contribution >= 0.6 is 27.3 Å². The maximum Gasteiger partial charge on any atom is 0.257 e. The minimum Gasteiger partial charge on any atom is -0.365 e. The number of nitrogens with two attached hydrogens (primary N) is 1. The highest BCUT2D eigenvalue weighted by Gasteiger charge is 2.27. The molecule has 0 saturated carbocycles. The fourth-order valence-corrected chi connectivity index (χ4v) is 4.79. The van der Waals surface area contributed by atoms with Crippen molar-refractivity contribution in [2.75, 3.05) is 5.32 Å². The Balaban J connectivity index is 1.96. The van der Waals surface area contributed by atoms with Gasteiger partial charge in [-0.15, -0.1) is 11.3 Å². The molecular weight excluding hydrogens is 376 g/mol. The summed E-state index contributed by atoms with van der Waals surface area (Å²) in [5.41, 5.74) is 7.60. The molecule has 0 spiro atoms. The van der Waals surface area contributed by atoms with E-state index in [2.05, 4.69) is 28.2 Å². The number of nitrogens with one attached hydrogen (secondary N) is 1. The van der Waals surface area contributed by atoms with Gasteiger partial charge in [-0.25, -0.2) is 0 Å². The van der Waals surface area contributed by atoms with E-state index in [1.54, 1.807) is 12.1 Å². The van der Waals surface area contributed by atoms with Gasteiger partial charge in [0.15, 0.2) is 0 Å². The van der Waals surface area contributed by atoms with E-state index in [0.717, 1.165) is 24.8 Å². The van der Waals surface area contributed by atoms with Gasteiger partial charge in [0.2, 0.25) is 0 Å². The Bertz CT molecular complexity index is 785. The summed E-state index contributed by atoms with van der Waals surface area (Å²) >= 11 is 4.85. The quantitative estimate of drug-likeness (QED) is 0.828. The van der Waals surface area contributed by atoms with Gasteiger partial charge >= 0.3 is 0 Å². The molecule has 0 bridgehead atoms. The number of thiophene rings is 1. The number of halogens is 1. The van der Waals surface area contributed by atoms with E-state index in [-0.39, 0.29) is 5.91 Å². The minimum absolute atomic E-state index is 0.244. The van der Waals surface area contributed by atoms with E-state index in [1.807, 2.05) is 12.1 Å². The van der Waals surface area contributed by atoms with Gasteiger partial charge in [0.25, 0.3) is 11.8 Å². The smallest absolute Gasteiger partial charge is 0.257 e. The summed E-state index contributed by atoms with van der Waals surface area (Å²) < 4.78 is 0.716. The van der Waals surface area contributed by atoms with Gasteiger partial charge in [-0.1, -0.05) is 19.1 Å². The molecule has 1 unspecified atom stereocenters. The summed E-state index contributed by atoms with van der Waals surface area (Å²) in [4.78, 5) is 25.6. The van der Waals surface area contributed by atoms with Crippen molar-refractivity contribution in [2.45, 2.75) is 26.2 Å². The Kier molecular flexibility index (Phi) is 4.55. The maximum atomic E-state index is 12.5. The molecule has 4 nitrogen and oxygen atoms in total. The van der Waals surface area contributed by atoms with Crippen molar-refractivity contribution in [3.63, 3.8) is 0 Å². The van der Waals surface area contributed by atoms with Gasteiger partial charge in [0.05, 0.1) is 11.1 Å². The van der Waals surface area contributed by atoms with Crippen molar-refractivity contribution >= 4 is 44.1 Å².